The summed E-state index contributed by atoms with van der Waals surface area (Å²) in [6, 6.07) is 26.1. The summed E-state index contributed by atoms with van der Waals surface area (Å²) in [6.07, 6.45) is 0. The quantitative estimate of drug-likeness (QED) is 0.287. The number of aromatic nitrogens is 1. The van der Waals surface area contributed by atoms with Crippen LogP contribution in [-0.4, -0.2) is 22.7 Å². The summed E-state index contributed by atoms with van der Waals surface area (Å²) in [5.41, 5.74) is 3.26. The molecule has 0 fully saturated rings. The smallest absolute Gasteiger partial charge is 0.308 e. The number of nitrogens with one attached hydrogen (secondary N) is 3. The first-order chi connectivity index (χ1) is 15.7. The average Bonchev–Trinajstić information content (AvgIpc) is 3.28. The lowest BCUT2D eigenvalue weighted by atomic mass is 10.2. The molecule has 0 unspecified atom stereocenters. The molecule has 0 aliphatic rings. The second-order valence-electron chi connectivity index (χ2n) is 6.71. The van der Waals surface area contributed by atoms with Gasteiger partial charge in [-0.25, -0.2) is 9.78 Å². The molecule has 0 radical (unpaired) electrons. The van der Waals surface area contributed by atoms with E-state index in [9.17, 15) is 9.59 Å². The lowest BCUT2D eigenvalue weighted by molar-refractivity contribution is -0.113. The van der Waals surface area contributed by atoms with Crippen LogP contribution in [0, 0.1) is 0 Å². The molecule has 3 amide bonds. The van der Waals surface area contributed by atoms with Gasteiger partial charge >= 0.3 is 6.03 Å². The molecule has 0 aliphatic heterocycles. The van der Waals surface area contributed by atoms with Gasteiger partial charge in [-0.3, -0.25) is 4.79 Å². The van der Waals surface area contributed by atoms with E-state index in [-0.39, 0.29) is 17.7 Å². The predicted octanol–water partition coefficient (Wildman–Crippen LogP) is 6.18. The van der Waals surface area contributed by atoms with E-state index in [0.29, 0.717) is 10.8 Å². The molecule has 0 aliphatic carbocycles. The number of urea groups is 1. The highest BCUT2D eigenvalue weighted by atomic mass is 32.2. The Bertz CT molecular complexity index is 1180. The first-order valence-corrected chi connectivity index (χ1v) is 11.7. The zero-order valence-corrected chi connectivity index (χ0v) is 18.6. The molecule has 0 spiro atoms. The molecule has 4 rings (SSSR count). The van der Waals surface area contributed by atoms with Crippen LogP contribution in [0.15, 0.2) is 95.2 Å². The highest BCUT2D eigenvalue weighted by Crippen LogP contribution is 2.25. The van der Waals surface area contributed by atoms with Crippen molar-refractivity contribution in [2.45, 2.75) is 4.90 Å². The lowest BCUT2D eigenvalue weighted by Gasteiger charge is -2.08. The summed E-state index contributed by atoms with van der Waals surface area (Å²) < 4.78 is 0. The van der Waals surface area contributed by atoms with Gasteiger partial charge in [0.25, 0.3) is 0 Å². The number of rotatable bonds is 7. The van der Waals surface area contributed by atoms with Crippen LogP contribution >= 0.6 is 23.1 Å². The fourth-order valence-electron chi connectivity index (χ4n) is 2.83. The standard InChI is InChI=1S/C24H20N4O2S2/c29-22(28-24-27-21(15-32-24)17-7-3-1-4-8-17)16-31-20-13-11-19(12-14-20)26-23(30)25-18-9-5-2-6-10-18/h1-15H,16H2,(H2,25,26,30)(H,27,28,29). The fraction of sp³-hybridized carbons (Fsp3) is 0.0417. The Hall–Kier alpha value is -3.62. The predicted molar refractivity (Wildman–Crippen MR) is 132 cm³/mol. The zero-order valence-electron chi connectivity index (χ0n) is 16.9. The maximum atomic E-state index is 12.3. The van der Waals surface area contributed by atoms with Gasteiger partial charge in [-0.15, -0.1) is 23.1 Å². The summed E-state index contributed by atoms with van der Waals surface area (Å²) >= 11 is 2.82. The van der Waals surface area contributed by atoms with E-state index < -0.39 is 0 Å². The average molecular weight is 461 g/mol. The Kier molecular flexibility index (Phi) is 7.16. The van der Waals surface area contributed by atoms with Crippen molar-refractivity contribution in [1.29, 1.82) is 0 Å². The van der Waals surface area contributed by atoms with Crippen LogP contribution in [0.1, 0.15) is 0 Å². The number of carbonyl (C=O) groups is 2. The van der Waals surface area contributed by atoms with Gasteiger partial charge in [0.1, 0.15) is 0 Å². The minimum Gasteiger partial charge on any atom is -0.308 e. The van der Waals surface area contributed by atoms with E-state index in [0.717, 1.165) is 21.8 Å². The summed E-state index contributed by atoms with van der Waals surface area (Å²) in [6.45, 7) is 0. The number of benzene rings is 3. The number of thiazole rings is 1. The maximum Gasteiger partial charge on any atom is 0.323 e. The Morgan fingerprint density at radius 3 is 2.09 bits per heavy atom. The Morgan fingerprint density at radius 2 is 1.41 bits per heavy atom. The van der Waals surface area contributed by atoms with E-state index in [1.54, 1.807) is 12.1 Å². The van der Waals surface area contributed by atoms with Crippen LogP contribution in [-0.2, 0) is 4.79 Å². The molecule has 3 aromatic carbocycles. The summed E-state index contributed by atoms with van der Waals surface area (Å²) in [5.74, 6) is 0.148. The van der Waals surface area contributed by atoms with Crippen LogP contribution in [0.4, 0.5) is 21.3 Å². The number of thioether (sulfide) groups is 1. The molecule has 6 nitrogen and oxygen atoms in total. The van der Waals surface area contributed by atoms with Crippen molar-refractivity contribution < 1.29 is 9.59 Å². The van der Waals surface area contributed by atoms with Crippen molar-refractivity contribution in [3.63, 3.8) is 0 Å². The van der Waals surface area contributed by atoms with E-state index in [2.05, 4.69) is 20.9 Å². The molecule has 32 heavy (non-hydrogen) atoms. The van der Waals surface area contributed by atoms with Crippen molar-refractivity contribution in [1.82, 2.24) is 4.98 Å². The first kappa shape index (κ1) is 21.6. The lowest BCUT2D eigenvalue weighted by Crippen LogP contribution is -2.19. The van der Waals surface area contributed by atoms with Gasteiger partial charge < -0.3 is 16.0 Å². The van der Waals surface area contributed by atoms with E-state index in [4.69, 9.17) is 0 Å². The molecule has 0 saturated carbocycles. The highest BCUT2D eigenvalue weighted by Gasteiger charge is 2.09. The molecule has 1 aromatic heterocycles. The molecule has 160 valence electrons. The number of anilines is 3. The number of carbonyl (C=O) groups excluding carboxylic acids is 2. The number of para-hydroxylation sites is 1. The number of nitrogens with zero attached hydrogens (tertiary/aromatic N) is 1. The van der Waals surface area contributed by atoms with E-state index >= 15 is 0 Å². The molecule has 3 N–H and O–H groups in total. The Labute approximate surface area is 194 Å². The molecule has 1 heterocycles. The topological polar surface area (TPSA) is 83.1 Å². The van der Waals surface area contributed by atoms with Crippen LogP contribution < -0.4 is 16.0 Å². The third-order valence-electron chi connectivity index (χ3n) is 4.33. The van der Waals surface area contributed by atoms with Crippen LogP contribution in [0.5, 0.6) is 0 Å². The normalized spacial score (nSPS) is 10.4. The van der Waals surface area contributed by atoms with E-state index in [1.165, 1.54) is 23.1 Å². The van der Waals surface area contributed by atoms with Gasteiger partial charge in [0.15, 0.2) is 5.13 Å². The SMILES string of the molecule is O=C(CSc1ccc(NC(=O)Nc2ccccc2)cc1)Nc1nc(-c2ccccc2)cs1. The van der Waals surface area contributed by atoms with Crippen molar-refractivity contribution in [3.05, 3.63) is 90.3 Å². The second-order valence-corrected chi connectivity index (χ2v) is 8.62. The molecule has 0 saturated heterocycles. The monoisotopic (exact) mass is 460 g/mol. The molecule has 8 heteroatoms. The summed E-state index contributed by atoms with van der Waals surface area (Å²) in [7, 11) is 0. The van der Waals surface area contributed by atoms with Crippen LogP contribution in [0.25, 0.3) is 11.3 Å². The highest BCUT2D eigenvalue weighted by molar-refractivity contribution is 8.00. The largest absolute Gasteiger partial charge is 0.323 e. The van der Waals surface area contributed by atoms with Crippen molar-refractivity contribution in [2.24, 2.45) is 0 Å². The Morgan fingerprint density at radius 1 is 0.781 bits per heavy atom. The Balaban J connectivity index is 1.24. The van der Waals surface area contributed by atoms with Crippen LogP contribution in [0.2, 0.25) is 0 Å². The fourth-order valence-corrected chi connectivity index (χ4v) is 4.26. The zero-order chi connectivity index (χ0) is 22.2. The number of hydrogen-bond acceptors (Lipinski definition) is 5. The van der Waals surface area contributed by atoms with Gasteiger partial charge in [0, 0.05) is 27.2 Å². The van der Waals surface area contributed by atoms with E-state index in [1.807, 2.05) is 78.2 Å². The summed E-state index contributed by atoms with van der Waals surface area (Å²) in [5, 5.41) is 10.9. The second kappa shape index (κ2) is 10.6. The number of amides is 3. The van der Waals surface area contributed by atoms with Gasteiger partial charge in [0.2, 0.25) is 5.91 Å². The molecule has 0 atom stereocenters. The van der Waals surface area contributed by atoms with Gasteiger partial charge in [-0.2, -0.15) is 0 Å². The third kappa shape index (κ3) is 6.19. The van der Waals surface area contributed by atoms with Crippen molar-refractivity contribution in [2.75, 3.05) is 21.7 Å². The minimum absolute atomic E-state index is 0.117. The molecular weight excluding hydrogens is 440 g/mol. The summed E-state index contributed by atoms with van der Waals surface area (Å²) in [4.78, 5) is 29.8. The number of hydrogen-bond donors (Lipinski definition) is 3. The van der Waals surface area contributed by atoms with Crippen molar-refractivity contribution >= 4 is 51.5 Å². The molecule has 0 bridgehead atoms. The van der Waals surface area contributed by atoms with Gasteiger partial charge in [-0.05, 0) is 36.4 Å². The third-order valence-corrected chi connectivity index (χ3v) is 6.10. The van der Waals surface area contributed by atoms with Gasteiger partial charge in [0.05, 0.1) is 11.4 Å². The van der Waals surface area contributed by atoms with Gasteiger partial charge in [-0.1, -0.05) is 48.5 Å². The van der Waals surface area contributed by atoms with Crippen LogP contribution in [0.3, 0.4) is 0 Å². The minimum atomic E-state index is -0.311. The first-order valence-electron chi connectivity index (χ1n) is 9.82. The molecular formula is C24H20N4O2S2. The molecule has 4 aromatic rings. The maximum absolute atomic E-state index is 12.3. The van der Waals surface area contributed by atoms with Crippen molar-refractivity contribution in [3.8, 4) is 11.3 Å².